The van der Waals surface area contributed by atoms with Gasteiger partial charge in [-0.1, -0.05) is 6.92 Å². The van der Waals surface area contributed by atoms with Crippen LogP contribution in [0, 0.1) is 12.8 Å². The first-order valence-corrected chi connectivity index (χ1v) is 8.32. The lowest BCUT2D eigenvalue weighted by molar-refractivity contribution is 0.108. The molecule has 0 amide bonds. The summed E-state index contributed by atoms with van der Waals surface area (Å²) < 4.78 is 6.09. The van der Waals surface area contributed by atoms with Gasteiger partial charge in [-0.3, -0.25) is 4.90 Å². The van der Waals surface area contributed by atoms with Crippen LogP contribution in [0.15, 0.2) is 10.5 Å². The van der Waals surface area contributed by atoms with Crippen LogP contribution < -0.4 is 5.32 Å². The highest BCUT2D eigenvalue weighted by atomic mass is 16.3. The Morgan fingerprint density at radius 1 is 1.29 bits per heavy atom. The van der Waals surface area contributed by atoms with Gasteiger partial charge in [0, 0.05) is 18.1 Å². The smallest absolute Gasteiger partial charge is 0.120 e. The molecule has 2 unspecified atom stereocenters. The molecule has 3 nitrogen and oxygen atoms in total. The summed E-state index contributed by atoms with van der Waals surface area (Å²) in [6.45, 7) is 16.3. The number of hydrogen-bond acceptors (Lipinski definition) is 3. The van der Waals surface area contributed by atoms with E-state index in [1.165, 1.54) is 24.9 Å². The fourth-order valence-corrected chi connectivity index (χ4v) is 2.99. The lowest BCUT2D eigenvalue weighted by Gasteiger charge is -2.36. The van der Waals surface area contributed by atoms with E-state index < -0.39 is 0 Å². The van der Waals surface area contributed by atoms with Crippen LogP contribution in [0.4, 0.5) is 0 Å². The van der Waals surface area contributed by atoms with Crippen molar-refractivity contribution in [2.75, 3.05) is 6.54 Å². The van der Waals surface area contributed by atoms with Crippen molar-refractivity contribution in [2.24, 2.45) is 5.92 Å². The van der Waals surface area contributed by atoms with Crippen LogP contribution in [0.2, 0.25) is 0 Å². The fourth-order valence-electron chi connectivity index (χ4n) is 2.99. The minimum absolute atomic E-state index is 0.121. The number of nitrogens with one attached hydrogen (secondary N) is 1. The monoisotopic (exact) mass is 292 g/mol. The Labute approximate surface area is 130 Å². The van der Waals surface area contributed by atoms with Crippen molar-refractivity contribution in [1.29, 1.82) is 0 Å². The van der Waals surface area contributed by atoms with Crippen LogP contribution in [0.5, 0.6) is 0 Å². The molecule has 2 heterocycles. The average Bonchev–Trinajstić information content (AvgIpc) is 2.71. The van der Waals surface area contributed by atoms with Crippen LogP contribution in [-0.2, 0) is 13.1 Å². The van der Waals surface area contributed by atoms with Crippen LogP contribution in [0.3, 0.4) is 0 Å². The molecule has 1 fully saturated rings. The number of furan rings is 1. The van der Waals surface area contributed by atoms with Gasteiger partial charge >= 0.3 is 0 Å². The molecule has 3 heteroatoms. The molecule has 1 aliphatic heterocycles. The van der Waals surface area contributed by atoms with E-state index in [9.17, 15) is 0 Å². The Morgan fingerprint density at radius 3 is 2.67 bits per heavy atom. The van der Waals surface area contributed by atoms with Crippen LogP contribution in [0.25, 0.3) is 0 Å². The van der Waals surface area contributed by atoms with E-state index in [4.69, 9.17) is 4.42 Å². The van der Waals surface area contributed by atoms with Gasteiger partial charge in [0.15, 0.2) is 0 Å². The SMILES string of the molecule is Cc1cc(CN2CC(C)CCC2C)oc1CNC(C)(C)C. The third-order valence-corrected chi connectivity index (χ3v) is 4.46. The summed E-state index contributed by atoms with van der Waals surface area (Å²) >= 11 is 0. The molecular formula is C18H32N2O. The Kier molecular flexibility index (Phi) is 5.15. The molecule has 0 spiro atoms. The highest BCUT2D eigenvalue weighted by Crippen LogP contribution is 2.25. The largest absolute Gasteiger partial charge is 0.463 e. The van der Waals surface area contributed by atoms with Gasteiger partial charge in [0.2, 0.25) is 0 Å². The first-order valence-electron chi connectivity index (χ1n) is 8.32. The van der Waals surface area contributed by atoms with Gasteiger partial charge in [-0.2, -0.15) is 0 Å². The molecule has 1 aromatic heterocycles. The molecular weight excluding hydrogens is 260 g/mol. The predicted octanol–water partition coefficient (Wildman–Crippen LogP) is 4.10. The van der Waals surface area contributed by atoms with E-state index in [2.05, 4.69) is 57.8 Å². The summed E-state index contributed by atoms with van der Waals surface area (Å²) in [4.78, 5) is 2.56. The van der Waals surface area contributed by atoms with E-state index >= 15 is 0 Å². The van der Waals surface area contributed by atoms with Crippen LogP contribution in [-0.4, -0.2) is 23.0 Å². The second-order valence-corrected chi connectivity index (χ2v) is 7.88. The van der Waals surface area contributed by atoms with Crippen molar-refractivity contribution >= 4 is 0 Å². The van der Waals surface area contributed by atoms with Crippen molar-refractivity contribution in [3.8, 4) is 0 Å². The molecule has 0 aliphatic carbocycles. The van der Waals surface area contributed by atoms with E-state index in [1.54, 1.807) is 0 Å². The van der Waals surface area contributed by atoms with Gasteiger partial charge in [0.25, 0.3) is 0 Å². The lowest BCUT2D eigenvalue weighted by atomic mass is 9.95. The highest BCUT2D eigenvalue weighted by Gasteiger charge is 2.24. The molecule has 21 heavy (non-hydrogen) atoms. The zero-order valence-corrected chi connectivity index (χ0v) is 14.6. The standard InChI is InChI=1S/C18H32N2O/c1-13-7-8-15(3)20(11-13)12-16-9-14(2)17(21-16)10-19-18(4,5)6/h9,13,15,19H,7-8,10-12H2,1-6H3. The Balaban J connectivity index is 1.98. The van der Waals surface area contributed by atoms with Crippen molar-refractivity contribution in [1.82, 2.24) is 10.2 Å². The van der Waals surface area contributed by atoms with Gasteiger partial charge in [-0.25, -0.2) is 0 Å². The van der Waals surface area contributed by atoms with Crippen molar-refractivity contribution in [2.45, 2.75) is 79.1 Å². The predicted molar refractivity (Wildman–Crippen MR) is 88.3 cm³/mol. The Hall–Kier alpha value is -0.800. The molecule has 120 valence electrons. The number of nitrogens with zero attached hydrogens (tertiary/aromatic N) is 1. The maximum Gasteiger partial charge on any atom is 0.120 e. The zero-order chi connectivity index (χ0) is 15.6. The quantitative estimate of drug-likeness (QED) is 0.906. The van der Waals surface area contributed by atoms with Crippen molar-refractivity contribution in [3.05, 3.63) is 23.2 Å². The zero-order valence-electron chi connectivity index (χ0n) is 14.6. The molecule has 0 aromatic carbocycles. The highest BCUT2D eigenvalue weighted by molar-refractivity contribution is 5.20. The number of piperidine rings is 1. The summed E-state index contributed by atoms with van der Waals surface area (Å²) in [6, 6.07) is 2.88. The van der Waals surface area contributed by atoms with E-state index in [-0.39, 0.29) is 5.54 Å². The molecule has 1 saturated heterocycles. The molecule has 1 aliphatic rings. The van der Waals surface area contributed by atoms with Gasteiger partial charge in [0.05, 0.1) is 13.1 Å². The second kappa shape index (κ2) is 6.53. The van der Waals surface area contributed by atoms with E-state index in [1.807, 2.05) is 0 Å². The topological polar surface area (TPSA) is 28.4 Å². The van der Waals surface area contributed by atoms with Gasteiger partial charge in [-0.05, 0) is 65.0 Å². The number of likely N-dealkylation sites (tertiary alicyclic amines) is 1. The molecule has 0 bridgehead atoms. The normalized spacial score (nSPS) is 24.5. The number of hydrogen-bond donors (Lipinski definition) is 1. The summed E-state index contributed by atoms with van der Waals surface area (Å²) in [5.41, 5.74) is 1.38. The molecule has 0 radical (unpaired) electrons. The Morgan fingerprint density at radius 2 is 2.00 bits per heavy atom. The third kappa shape index (κ3) is 4.86. The molecule has 1 aromatic rings. The van der Waals surface area contributed by atoms with Crippen LogP contribution >= 0.6 is 0 Å². The van der Waals surface area contributed by atoms with Crippen LogP contribution in [0.1, 0.15) is 64.5 Å². The van der Waals surface area contributed by atoms with Gasteiger partial charge in [0.1, 0.15) is 11.5 Å². The lowest BCUT2D eigenvalue weighted by Crippen LogP contribution is -2.40. The van der Waals surface area contributed by atoms with E-state index in [0.29, 0.717) is 6.04 Å². The number of rotatable bonds is 4. The maximum absolute atomic E-state index is 6.09. The third-order valence-electron chi connectivity index (χ3n) is 4.46. The minimum Gasteiger partial charge on any atom is -0.463 e. The fraction of sp³-hybridized carbons (Fsp3) is 0.778. The molecule has 2 atom stereocenters. The first-order chi connectivity index (χ1) is 9.74. The van der Waals surface area contributed by atoms with Crippen molar-refractivity contribution < 1.29 is 4.42 Å². The molecule has 1 N–H and O–H groups in total. The van der Waals surface area contributed by atoms with Crippen molar-refractivity contribution in [3.63, 3.8) is 0 Å². The van der Waals surface area contributed by atoms with Gasteiger partial charge < -0.3 is 9.73 Å². The summed E-state index contributed by atoms with van der Waals surface area (Å²) in [5, 5.41) is 3.50. The molecule has 2 rings (SSSR count). The summed E-state index contributed by atoms with van der Waals surface area (Å²) in [7, 11) is 0. The number of aryl methyl sites for hydroxylation is 1. The first kappa shape index (κ1) is 16.6. The molecule has 0 saturated carbocycles. The average molecular weight is 292 g/mol. The minimum atomic E-state index is 0.121. The van der Waals surface area contributed by atoms with Gasteiger partial charge in [-0.15, -0.1) is 0 Å². The van der Waals surface area contributed by atoms with E-state index in [0.717, 1.165) is 30.5 Å². The second-order valence-electron chi connectivity index (χ2n) is 7.88. The summed E-state index contributed by atoms with van der Waals surface area (Å²) in [5.74, 6) is 3.00. The Bertz CT molecular complexity index is 458. The maximum atomic E-state index is 6.09. The summed E-state index contributed by atoms with van der Waals surface area (Å²) in [6.07, 6.45) is 2.66.